The molecule has 0 spiro atoms. The first kappa shape index (κ1) is 8.98. The number of nitrogens with zero attached hydrogens (tertiary/aromatic N) is 1. The Morgan fingerprint density at radius 3 is 2.36 bits per heavy atom. The van der Waals surface area contributed by atoms with Crippen LogP contribution < -0.4 is 5.32 Å². The van der Waals surface area contributed by atoms with Gasteiger partial charge >= 0.3 is 0 Å². The fraction of sp³-hybridized carbons (Fsp3) is 0.125. The normalized spacial score (nSPS) is 13.7. The van der Waals surface area contributed by atoms with Gasteiger partial charge in [-0.15, -0.1) is 0 Å². The summed E-state index contributed by atoms with van der Waals surface area (Å²) < 4.78 is 51.4. The van der Waals surface area contributed by atoms with E-state index >= 15 is 0 Å². The lowest BCUT2D eigenvalue weighted by Crippen LogP contribution is -2.12. The predicted octanol–water partition coefficient (Wildman–Crippen LogP) is 2.37. The first-order valence-electron chi connectivity index (χ1n) is 3.75. The number of rotatable bonds is 0. The van der Waals surface area contributed by atoms with E-state index in [9.17, 15) is 17.6 Å². The highest BCUT2D eigenvalue weighted by Crippen LogP contribution is 2.35. The minimum Gasteiger partial charge on any atom is -0.376 e. The molecule has 0 atom stereocenters. The number of hydrogen-bond acceptors (Lipinski definition) is 2. The number of benzene rings is 1. The van der Waals surface area contributed by atoms with Crippen LogP contribution in [0.15, 0.2) is 4.99 Å². The average molecular weight is 204 g/mol. The van der Waals surface area contributed by atoms with Crippen LogP contribution in [-0.2, 0) is 0 Å². The minimum atomic E-state index is -1.85. The van der Waals surface area contributed by atoms with Gasteiger partial charge in [-0.1, -0.05) is 0 Å². The topological polar surface area (TPSA) is 24.4 Å². The Bertz CT molecular complexity index is 428. The van der Waals surface area contributed by atoms with Gasteiger partial charge < -0.3 is 5.32 Å². The Labute approximate surface area is 76.3 Å². The number of aliphatic imine (C=N–C) groups is 1. The van der Waals surface area contributed by atoms with Gasteiger partial charge in [0.2, 0.25) is 0 Å². The lowest BCUT2D eigenvalue weighted by Gasteiger charge is -2.14. The SMILES string of the molecule is Fc1c(F)c(F)c2c(c1F)N=CCN2. The summed E-state index contributed by atoms with van der Waals surface area (Å²) in [5.41, 5.74) is -0.975. The number of nitrogens with one attached hydrogen (secondary N) is 1. The lowest BCUT2D eigenvalue weighted by atomic mass is 10.2. The molecule has 0 bridgehead atoms. The second-order valence-electron chi connectivity index (χ2n) is 2.67. The van der Waals surface area contributed by atoms with Crippen molar-refractivity contribution < 1.29 is 17.6 Å². The lowest BCUT2D eigenvalue weighted by molar-refractivity contribution is 0.412. The molecule has 0 aliphatic carbocycles. The Morgan fingerprint density at radius 2 is 1.64 bits per heavy atom. The molecule has 0 aromatic heterocycles. The maximum Gasteiger partial charge on any atom is 0.199 e. The summed E-state index contributed by atoms with van der Waals surface area (Å²) in [6.07, 6.45) is 1.24. The van der Waals surface area contributed by atoms with Crippen LogP contribution in [0.1, 0.15) is 0 Å². The summed E-state index contributed by atoms with van der Waals surface area (Å²) >= 11 is 0. The standard InChI is InChI=1S/C8H4F4N2/c9-3-4(10)6(12)8-7(5(3)11)13-1-2-14-8/h1,14H,2H2. The highest BCUT2D eigenvalue weighted by atomic mass is 19.2. The molecule has 2 rings (SSSR count). The quantitative estimate of drug-likeness (QED) is 0.391. The van der Waals surface area contributed by atoms with Crippen molar-refractivity contribution in [1.29, 1.82) is 0 Å². The van der Waals surface area contributed by atoms with Crippen LogP contribution >= 0.6 is 0 Å². The third-order valence-corrected chi connectivity index (χ3v) is 1.83. The summed E-state index contributed by atoms with van der Waals surface area (Å²) in [4.78, 5) is 3.45. The van der Waals surface area contributed by atoms with Gasteiger partial charge in [0.15, 0.2) is 23.3 Å². The largest absolute Gasteiger partial charge is 0.376 e. The van der Waals surface area contributed by atoms with Crippen molar-refractivity contribution in [3.8, 4) is 0 Å². The van der Waals surface area contributed by atoms with Crippen molar-refractivity contribution in [1.82, 2.24) is 0 Å². The average Bonchev–Trinajstić information content (AvgIpc) is 2.23. The minimum absolute atomic E-state index is 0.147. The molecular weight excluding hydrogens is 200 g/mol. The van der Waals surface area contributed by atoms with E-state index in [4.69, 9.17) is 0 Å². The van der Waals surface area contributed by atoms with E-state index in [2.05, 4.69) is 10.3 Å². The second kappa shape index (κ2) is 2.97. The van der Waals surface area contributed by atoms with Gasteiger partial charge in [-0.05, 0) is 0 Å². The third-order valence-electron chi connectivity index (χ3n) is 1.83. The zero-order chi connectivity index (χ0) is 10.3. The van der Waals surface area contributed by atoms with Crippen LogP contribution in [0.5, 0.6) is 0 Å². The number of hydrogen-bond donors (Lipinski definition) is 1. The molecule has 6 heteroatoms. The van der Waals surface area contributed by atoms with Crippen molar-refractivity contribution in [2.24, 2.45) is 4.99 Å². The van der Waals surface area contributed by atoms with Crippen molar-refractivity contribution in [2.75, 3.05) is 11.9 Å². The molecular formula is C8H4F4N2. The molecule has 1 aromatic carbocycles. The zero-order valence-corrected chi connectivity index (χ0v) is 6.74. The first-order chi connectivity index (χ1) is 6.63. The summed E-state index contributed by atoms with van der Waals surface area (Å²) in [5.74, 6) is -6.61. The van der Waals surface area contributed by atoms with E-state index in [1.807, 2.05) is 0 Å². The number of halogens is 4. The predicted molar refractivity (Wildman–Crippen MR) is 42.9 cm³/mol. The highest BCUT2D eigenvalue weighted by Gasteiger charge is 2.25. The molecule has 2 nitrogen and oxygen atoms in total. The molecule has 1 heterocycles. The molecule has 1 N–H and O–H groups in total. The van der Waals surface area contributed by atoms with Crippen LogP contribution in [-0.4, -0.2) is 12.8 Å². The summed E-state index contributed by atoms with van der Waals surface area (Å²) in [7, 11) is 0. The van der Waals surface area contributed by atoms with E-state index in [0.717, 1.165) is 0 Å². The van der Waals surface area contributed by atoms with Gasteiger partial charge in [-0.2, -0.15) is 0 Å². The van der Waals surface area contributed by atoms with E-state index < -0.39 is 34.6 Å². The van der Waals surface area contributed by atoms with E-state index in [-0.39, 0.29) is 6.54 Å². The van der Waals surface area contributed by atoms with Crippen LogP contribution in [0, 0.1) is 23.3 Å². The van der Waals surface area contributed by atoms with Crippen LogP contribution in [0.4, 0.5) is 28.9 Å². The molecule has 1 aliphatic heterocycles. The van der Waals surface area contributed by atoms with Gasteiger partial charge in [0, 0.05) is 6.21 Å². The first-order valence-corrected chi connectivity index (χ1v) is 3.75. The molecule has 1 aliphatic rings. The highest BCUT2D eigenvalue weighted by molar-refractivity contribution is 5.81. The van der Waals surface area contributed by atoms with Crippen LogP contribution in [0.25, 0.3) is 0 Å². The van der Waals surface area contributed by atoms with Gasteiger partial charge in [-0.25, -0.2) is 17.6 Å². The van der Waals surface area contributed by atoms with Gasteiger partial charge in [0.1, 0.15) is 11.4 Å². The fourth-order valence-corrected chi connectivity index (χ4v) is 1.19. The summed E-state index contributed by atoms with van der Waals surface area (Å²) in [5, 5.41) is 2.37. The van der Waals surface area contributed by atoms with Crippen molar-refractivity contribution in [2.45, 2.75) is 0 Å². The Kier molecular flexibility index (Phi) is 1.90. The summed E-state index contributed by atoms with van der Waals surface area (Å²) in [6, 6.07) is 0. The molecule has 0 fully saturated rings. The maximum atomic E-state index is 13.0. The maximum absolute atomic E-state index is 13.0. The smallest absolute Gasteiger partial charge is 0.199 e. The zero-order valence-electron chi connectivity index (χ0n) is 6.74. The van der Waals surface area contributed by atoms with Crippen molar-refractivity contribution >= 4 is 17.6 Å². The summed E-state index contributed by atoms with van der Waals surface area (Å²) in [6.45, 7) is 0.147. The molecule has 0 amide bonds. The molecule has 0 saturated carbocycles. The second-order valence-corrected chi connectivity index (χ2v) is 2.67. The van der Waals surface area contributed by atoms with Crippen molar-refractivity contribution in [3.05, 3.63) is 23.3 Å². The molecule has 0 saturated heterocycles. The molecule has 74 valence electrons. The number of anilines is 1. The molecule has 0 unspecified atom stereocenters. The van der Waals surface area contributed by atoms with Gasteiger partial charge in [0.05, 0.1) is 6.54 Å². The Balaban J connectivity index is 2.79. The van der Waals surface area contributed by atoms with E-state index in [1.165, 1.54) is 6.21 Å². The molecule has 14 heavy (non-hydrogen) atoms. The Morgan fingerprint density at radius 1 is 1.00 bits per heavy atom. The molecule has 1 aromatic rings. The van der Waals surface area contributed by atoms with Gasteiger partial charge in [0.25, 0.3) is 0 Å². The monoisotopic (exact) mass is 204 g/mol. The molecule has 0 radical (unpaired) electrons. The fourth-order valence-electron chi connectivity index (χ4n) is 1.19. The van der Waals surface area contributed by atoms with Crippen molar-refractivity contribution in [3.63, 3.8) is 0 Å². The van der Waals surface area contributed by atoms with E-state index in [1.54, 1.807) is 0 Å². The van der Waals surface area contributed by atoms with Gasteiger partial charge in [-0.3, -0.25) is 4.99 Å². The van der Waals surface area contributed by atoms with Crippen LogP contribution in [0.3, 0.4) is 0 Å². The third kappa shape index (κ3) is 1.07. The Hall–Kier alpha value is -1.59. The number of fused-ring (bicyclic) bond motifs is 1. The van der Waals surface area contributed by atoms with Crippen LogP contribution in [0.2, 0.25) is 0 Å². The van der Waals surface area contributed by atoms with E-state index in [0.29, 0.717) is 0 Å².